The Bertz CT molecular complexity index is 153. The molecule has 0 unspecified atom stereocenters. The summed E-state index contributed by atoms with van der Waals surface area (Å²) in [5, 5.41) is 0. The zero-order chi connectivity index (χ0) is 13.5. The van der Waals surface area contributed by atoms with Gasteiger partial charge in [0.2, 0.25) is 0 Å². The Kier molecular flexibility index (Phi) is 14.5. The van der Waals surface area contributed by atoms with E-state index in [0.717, 1.165) is 25.0 Å². The smallest absolute Gasteiger partial charge is 0.119 e. The van der Waals surface area contributed by atoms with E-state index < -0.39 is 0 Å². The highest BCUT2D eigenvalue weighted by Gasteiger charge is 2.08. The first-order chi connectivity index (χ1) is 8.85. The maximum Gasteiger partial charge on any atom is 0.119 e. The molecule has 0 bridgehead atoms. The summed E-state index contributed by atoms with van der Waals surface area (Å²) in [6, 6.07) is 0. The van der Waals surface area contributed by atoms with Gasteiger partial charge in [-0.15, -0.1) is 0 Å². The number of carbonyl (C=O) groups excluding carboxylic acids is 1. The third kappa shape index (κ3) is 12.1. The van der Waals surface area contributed by atoms with Crippen molar-refractivity contribution >= 4 is 6.29 Å². The lowest BCUT2D eigenvalue weighted by Crippen LogP contribution is -2.01. The average Bonchev–Trinajstić information content (AvgIpc) is 2.39. The van der Waals surface area contributed by atoms with Crippen LogP contribution in [0.5, 0.6) is 0 Å². The van der Waals surface area contributed by atoms with Gasteiger partial charge in [0.25, 0.3) is 0 Å². The predicted octanol–water partition coefficient (Wildman–Crippen LogP) is 5.91. The van der Waals surface area contributed by atoms with E-state index >= 15 is 0 Å². The molecule has 0 aliphatic carbocycles. The largest absolute Gasteiger partial charge is 0.303 e. The highest BCUT2D eigenvalue weighted by Crippen LogP contribution is 2.23. The summed E-state index contributed by atoms with van der Waals surface area (Å²) in [5.74, 6) is 0.888. The van der Waals surface area contributed by atoms with Crippen LogP contribution in [0.3, 0.4) is 0 Å². The van der Waals surface area contributed by atoms with E-state index in [0.29, 0.717) is 0 Å². The van der Waals surface area contributed by atoms with Crippen LogP contribution in [-0.4, -0.2) is 6.29 Å². The molecule has 0 fully saturated rings. The van der Waals surface area contributed by atoms with E-state index in [1.807, 2.05) is 0 Å². The second-order valence-corrected chi connectivity index (χ2v) is 5.66. The highest BCUT2D eigenvalue weighted by atomic mass is 16.1. The summed E-state index contributed by atoms with van der Waals surface area (Å²) < 4.78 is 0. The number of unbranched alkanes of at least 4 members (excludes halogenated alkanes) is 7. The Morgan fingerprint density at radius 2 is 1.22 bits per heavy atom. The third-order valence-corrected chi connectivity index (χ3v) is 3.87. The minimum Gasteiger partial charge on any atom is -0.303 e. The lowest BCUT2D eigenvalue weighted by Gasteiger charge is -2.16. The number of hydrogen-bond acceptors (Lipinski definition) is 1. The van der Waals surface area contributed by atoms with Crippen LogP contribution in [0.15, 0.2) is 0 Å². The van der Waals surface area contributed by atoms with E-state index in [2.05, 4.69) is 13.8 Å². The van der Waals surface area contributed by atoms with Gasteiger partial charge in [-0.3, -0.25) is 0 Å². The molecule has 0 atom stereocenters. The molecule has 0 aromatic carbocycles. The first-order valence-corrected chi connectivity index (χ1v) is 8.28. The second-order valence-electron chi connectivity index (χ2n) is 5.66. The molecule has 0 heterocycles. The van der Waals surface area contributed by atoms with E-state index in [1.54, 1.807) is 0 Å². The summed E-state index contributed by atoms with van der Waals surface area (Å²) in [5.41, 5.74) is 0. The van der Waals surface area contributed by atoms with E-state index in [9.17, 15) is 4.79 Å². The van der Waals surface area contributed by atoms with Crippen LogP contribution in [0.25, 0.3) is 0 Å². The molecule has 0 spiro atoms. The van der Waals surface area contributed by atoms with Crippen LogP contribution in [0.2, 0.25) is 0 Å². The fourth-order valence-corrected chi connectivity index (χ4v) is 2.64. The summed E-state index contributed by atoms with van der Waals surface area (Å²) in [7, 11) is 0. The average molecular weight is 254 g/mol. The molecule has 0 radical (unpaired) electrons. The van der Waals surface area contributed by atoms with Crippen molar-refractivity contribution < 1.29 is 4.79 Å². The van der Waals surface area contributed by atoms with Gasteiger partial charge in [-0.25, -0.2) is 0 Å². The van der Waals surface area contributed by atoms with Crippen molar-refractivity contribution in [1.82, 2.24) is 0 Å². The van der Waals surface area contributed by atoms with Gasteiger partial charge in [-0.1, -0.05) is 84.5 Å². The van der Waals surface area contributed by atoms with Gasteiger partial charge in [0, 0.05) is 6.42 Å². The van der Waals surface area contributed by atoms with Gasteiger partial charge in [0.1, 0.15) is 6.29 Å². The molecule has 108 valence electrons. The van der Waals surface area contributed by atoms with Crippen molar-refractivity contribution in [3.8, 4) is 0 Å². The van der Waals surface area contributed by atoms with Crippen LogP contribution in [0, 0.1) is 5.92 Å². The molecule has 0 aromatic rings. The van der Waals surface area contributed by atoms with Crippen molar-refractivity contribution in [3.05, 3.63) is 0 Å². The summed E-state index contributed by atoms with van der Waals surface area (Å²) in [6.45, 7) is 4.54. The Morgan fingerprint density at radius 3 is 1.67 bits per heavy atom. The van der Waals surface area contributed by atoms with Crippen LogP contribution >= 0.6 is 0 Å². The van der Waals surface area contributed by atoms with Crippen LogP contribution in [0.1, 0.15) is 97.3 Å². The minimum atomic E-state index is 0.764. The summed E-state index contributed by atoms with van der Waals surface area (Å²) in [6.07, 6.45) is 18.0. The van der Waals surface area contributed by atoms with Crippen molar-refractivity contribution in [2.45, 2.75) is 97.3 Å². The van der Waals surface area contributed by atoms with Crippen molar-refractivity contribution in [2.75, 3.05) is 0 Å². The molecule has 0 saturated carbocycles. The van der Waals surface area contributed by atoms with Crippen molar-refractivity contribution in [2.24, 2.45) is 5.92 Å². The van der Waals surface area contributed by atoms with Gasteiger partial charge >= 0.3 is 0 Å². The fourth-order valence-electron chi connectivity index (χ4n) is 2.64. The maximum absolute atomic E-state index is 10.4. The first-order valence-electron chi connectivity index (χ1n) is 8.28. The standard InChI is InChI=1S/C17H34O/c1-3-5-7-9-13-17(15-11-12-16-18)14-10-8-6-4-2/h16-17H,3-15H2,1-2H3. The van der Waals surface area contributed by atoms with Gasteiger partial charge in [0.05, 0.1) is 0 Å². The molecule has 0 amide bonds. The lowest BCUT2D eigenvalue weighted by atomic mass is 9.90. The molecule has 0 aromatic heterocycles. The van der Waals surface area contributed by atoms with Gasteiger partial charge in [-0.2, -0.15) is 0 Å². The monoisotopic (exact) mass is 254 g/mol. The van der Waals surface area contributed by atoms with Crippen LogP contribution in [-0.2, 0) is 4.79 Å². The number of carbonyl (C=O) groups is 1. The SMILES string of the molecule is CCCCCCC(CCCC=O)CCCCCC. The predicted molar refractivity (Wildman–Crippen MR) is 80.9 cm³/mol. The van der Waals surface area contributed by atoms with E-state index in [1.165, 1.54) is 70.6 Å². The zero-order valence-corrected chi connectivity index (χ0v) is 12.8. The number of hydrogen-bond donors (Lipinski definition) is 0. The molecule has 0 saturated heterocycles. The fraction of sp³-hybridized carbons (Fsp3) is 0.941. The number of aldehydes is 1. The molecule has 0 N–H and O–H groups in total. The van der Waals surface area contributed by atoms with Gasteiger partial charge < -0.3 is 4.79 Å². The Hall–Kier alpha value is -0.330. The molecule has 0 aliphatic rings. The molecule has 18 heavy (non-hydrogen) atoms. The zero-order valence-electron chi connectivity index (χ0n) is 12.8. The molecular formula is C17H34O. The summed E-state index contributed by atoms with van der Waals surface area (Å²) in [4.78, 5) is 10.4. The Balaban J connectivity index is 3.65. The lowest BCUT2D eigenvalue weighted by molar-refractivity contribution is -0.108. The molecule has 1 nitrogen and oxygen atoms in total. The van der Waals surface area contributed by atoms with Crippen LogP contribution < -0.4 is 0 Å². The number of rotatable bonds is 14. The van der Waals surface area contributed by atoms with Crippen molar-refractivity contribution in [3.63, 3.8) is 0 Å². The van der Waals surface area contributed by atoms with Crippen LogP contribution in [0.4, 0.5) is 0 Å². The Labute approximate surface area is 115 Å². The first kappa shape index (κ1) is 17.7. The van der Waals surface area contributed by atoms with Gasteiger partial charge in [-0.05, 0) is 12.3 Å². The molecule has 0 rings (SSSR count). The highest BCUT2D eigenvalue weighted by molar-refractivity contribution is 5.48. The topological polar surface area (TPSA) is 17.1 Å². The van der Waals surface area contributed by atoms with Crippen molar-refractivity contribution in [1.29, 1.82) is 0 Å². The van der Waals surface area contributed by atoms with E-state index in [4.69, 9.17) is 0 Å². The molecular weight excluding hydrogens is 220 g/mol. The maximum atomic E-state index is 10.4. The summed E-state index contributed by atoms with van der Waals surface area (Å²) >= 11 is 0. The van der Waals surface area contributed by atoms with E-state index in [-0.39, 0.29) is 0 Å². The third-order valence-electron chi connectivity index (χ3n) is 3.87. The molecule has 0 aliphatic heterocycles. The normalized spacial score (nSPS) is 11.1. The minimum absolute atomic E-state index is 0.764. The second kappa shape index (κ2) is 14.7. The van der Waals surface area contributed by atoms with Gasteiger partial charge in [0.15, 0.2) is 0 Å². The Morgan fingerprint density at radius 1 is 0.722 bits per heavy atom. The quantitative estimate of drug-likeness (QED) is 0.278. The molecule has 1 heteroatoms.